The van der Waals surface area contributed by atoms with E-state index in [1.165, 1.54) is 54.6 Å². The molecule has 1 aliphatic carbocycles. The van der Waals surface area contributed by atoms with E-state index < -0.39 is 0 Å². The maximum atomic E-state index is 5.15. The lowest BCUT2D eigenvalue weighted by molar-refractivity contribution is 0.661. The molecule has 9 rings (SSSR count). The van der Waals surface area contributed by atoms with Gasteiger partial charge in [0.15, 0.2) is 0 Å². The summed E-state index contributed by atoms with van der Waals surface area (Å²) >= 11 is 0. The number of aromatic nitrogens is 2. The molecule has 202 valence electrons. The number of para-hydroxylation sites is 2. The lowest BCUT2D eigenvalue weighted by atomic mass is 9.81. The highest BCUT2D eigenvalue weighted by Crippen LogP contribution is 2.50. The van der Waals surface area contributed by atoms with Crippen molar-refractivity contribution in [2.45, 2.75) is 19.3 Å². The number of benzene rings is 7. The first kappa shape index (κ1) is 24.3. The molecule has 0 saturated carbocycles. The van der Waals surface area contributed by atoms with Gasteiger partial charge in [0.25, 0.3) is 0 Å². The van der Waals surface area contributed by atoms with Crippen molar-refractivity contribution >= 4 is 43.4 Å². The van der Waals surface area contributed by atoms with Crippen LogP contribution in [-0.2, 0) is 5.41 Å². The molecule has 2 heteroatoms. The normalized spacial score (nSPS) is 13.5. The van der Waals surface area contributed by atoms with Gasteiger partial charge in [-0.2, -0.15) is 0 Å². The summed E-state index contributed by atoms with van der Waals surface area (Å²) in [6.07, 6.45) is 0. The molecule has 8 aromatic rings. The van der Waals surface area contributed by atoms with Gasteiger partial charge >= 0.3 is 0 Å². The Morgan fingerprint density at radius 2 is 1.07 bits per heavy atom. The first-order valence-corrected chi connectivity index (χ1v) is 14.9. The van der Waals surface area contributed by atoms with Crippen molar-refractivity contribution in [3.05, 3.63) is 145 Å². The largest absolute Gasteiger partial charge is 0.244 e. The molecule has 0 saturated heterocycles. The number of hydrogen-bond acceptors (Lipinski definition) is 2. The molecule has 7 aromatic carbocycles. The van der Waals surface area contributed by atoms with Gasteiger partial charge < -0.3 is 0 Å². The van der Waals surface area contributed by atoms with E-state index in [0.29, 0.717) is 0 Å². The van der Waals surface area contributed by atoms with Crippen molar-refractivity contribution in [2.75, 3.05) is 0 Å². The molecule has 0 radical (unpaired) electrons. The van der Waals surface area contributed by atoms with E-state index >= 15 is 0 Å². The Balaban J connectivity index is 1.29. The molecule has 0 bridgehead atoms. The minimum Gasteiger partial charge on any atom is -0.244 e. The maximum Gasteiger partial charge on any atom is 0.0973 e. The van der Waals surface area contributed by atoms with Gasteiger partial charge in [-0.15, -0.1) is 0 Å². The molecule has 43 heavy (non-hydrogen) atoms. The van der Waals surface area contributed by atoms with Gasteiger partial charge in [-0.1, -0.05) is 117 Å². The lowest BCUT2D eigenvalue weighted by Crippen LogP contribution is -2.14. The van der Waals surface area contributed by atoms with Crippen LogP contribution in [0, 0.1) is 0 Å². The van der Waals surface area contributed by atoms with Crippen molar-refractivity contribution in [2.24, 2.45) is 0 Å². The van der Waals surface area contributed by atoms with Gasteiger partial charge in [-0.3, -0.25) is 0 Å². The minimum atomic E-state index is -0.0391. The van der Waals surface area contributed by atoms with Gasteiger partial charge in [0.1, 0.15) is 0 Å². The summed E-state index contributed by atoms with van der Waals surface area (Å²) in [5, 5.41) is 7.62. The van der Waals surface area contributed by atoms with Crippen LogP contribution in [0.4, 0.5) is 0 Å². The molecule has 0 aliphatic heterocycles. The summed E-state index contributed by atoms with van der Waals surface area (Å²) in [7, 11) is 0. The van der Waals surface area contributed by atoms with Crippen LogP contribution in [0.1, 0.15) is 25.0 Å². The summed E-state index contributed by atoms with van der Waals surface area (Å²) in [4.78, 5) is 10.2. The summed E-state index contributed by atoms with van der Waals surface area (Å²) in [6.45, 7) is 4.71. The number of rotatable bonds is 2. The second-order valence-corrected chi connectivity index (χ2v) is 12.2. The summed E-state index contributed by atoms with van der Waals surface area (Å²) in [5.74, 6) is 0. The molecular formula is C41H28N2. The SMILES string of the molecule is CC1(C)c2ccccc2-c2cc3ccc4ccc5cc(-c6nc7ccccc7nc6-c6ccccc6)ccc5c4c3cc21. The summed E-state index contributed by atoms with van der Waals surface area (Å²) in [6, 6.07) is 48.1. The molecule has 1 aliphatic rings. The highest BCUT2D eigenvalue weighted by Gasteiger charge is 2.35. The summed E-state index contributed by atoms with van der Waals surface area (Å²) < 4.78 is 0. The highest BCUT2D eigenvalue weighted by atomic mass is 14.8. The van der Waals surface area contributed by atoms with E-state index in [9.17, 15) is 0 Å². The fraction of sp³-hybridized carbons (Fsp3) is 0.0732. The van der Waals surface area contributed by atoms with E-state index in [-0.39, 0.29) is 5.41 Å². The fourth-order valence-electron chi connectivity index (χ4n) is 7.23. The van der Waals surface area contributed by atoms with E-state index in [1.807, 2.05) is 30.3 Å². The van der Waals surface area contributed by atoms with Gasteiger partial charge in [0.05, 0.1) is 22.4 Å². The Morgan fingerprint density at radius 3 is 1.84 bits per heavy atom. The zero-order valence-electron chi connectivity index (χ0n) is 24.1. The smallest absolute Gasteiger partial charge is 0.0973 e. The Morgan fingerprint density at radius 1 is 0.442 bits per heavy atom. The molecule has 0 N–H and O–H groups in total. The van der Waals surface area contributed by atoms with Gasteiger partial charge in [-0.05, 0) is 84.9 Å². The van der Waals surface area contributed by atoms with E-state index in [4.69, 9.17) is 9.97 Å². The van der Waals surface area contributed by atoms with Crippen LogP contribution in [-0.4, -0.2) is 9.97 Å². The molecule has 0 fully saturated rings. The van der Waals surface area contributed by atoms with Crippen molar-refractivity contribution in [1.29, 1.82) is 0 Å². The minimum absolute atomic E-state index is 0.0391. The molecular weight excluding hydrogens is 520 g/mol. The third kappa shape index (κ3) is 3.53. The molecule has 0 unspecified atom stereocenters. The van der Waals surface area contributed by atoms with Crippen LogP contribution in [0.15, 0.2) is 133 Å². The van der Waals surface area contributed by atoms with Crippen molar-refractivity contribution in [1.82, 2.24) is 9.97 Å². The number of nitrogens with zero attached hydrogens (tertiary/aromatic N) is 2. The van der Waals surface area contributed by atoms with Crippen LogP contribution in [0.2, 0.25) is 0 Å². The molecule has 0 amide bonds. The third-order valence-electron chi connectivity index (χ3n) is 9.41. The van der Waals surface area contributed by atoms with Crippen LogP contribution in [0.25, 0.3) is 77.0 Å². The number of fused-ring (bicyclic) bond motifs is 9. The zero-order valence-corrected chi connectivity index (χ0v) is 24.1. The van der Waals surface area contributed by atoms with E-state index in [1.54, 1.807) is 0 Å². The van der Waals surface area contributed by atoms with Crippen molar-refractivity contribution < 1.29 is 0 Å². The van der Waals surface area contributed by atoms with Crippen LogP contribution in [0.5, 0.6) is 0 Å². The fourth-order valence-corrected chi connectivity index (χ4v) is 7.23. The van der Waals surface area contributed by atoms with Gasteiger partial charge in [0.2, 0.25) is 0 Å². The topological polar surface area (TPSA) is 25.8 Å². The average Bonchev–Trinajstić information content (AvgIpc) is 3.28. The van der Waals surface area contributed by atoms with Crippen LogP contribution < -0.4 is 0 Å². The van der Waals surface area contributed by atoms with Gasteiger partial charge in [0, 0.05) is 16.5 Å². The predicted octanol–water partition coefficient (Wildman–Crippen LogP) is 10.7. The van der Waals surface area contributed by atoms with E-state index in [2.05, 4.69) is 117 Å². The Labute approximate surface area is 250 Å². The quantitative estimate of drug-likeness (QED) is 0.201. The monoisotopic (exact) mass is 548 g/mol. The standard InChI is InChI=1S/C41H28N2/c1-41(2)34-13-7-6-12-31(34)33-23-28-19-17-25-16-18-27-22-29(20-21-30(27)38(25)32(28)24-35(33)41)40-39(26-10-4-3-5-11-26)42-36-14-8-9-15-37(36)43-40/h3-24H,1-2H3. The first-order chi connectivity index (χ1) is 21.1. The molecule has 1 heterocycles. The van der Waals surface area contributed by atoms with Crippen molar-refractivity contribution in [3.63, 3.8) is 0 Å². The molecule has 0 spiro atoms. The summed E-state index contributed by atoms with van der Waals surface area (Å²) in [5.41, 5.74) is 11.2. The third-order valence-corrected chi connectivity index (χ3v) is 9.41. The Bertz CT molecular complexity index is 2420. The molecule has 1 aromatic heterocycles. The lowest BCUT2D eigenvalue weighted by Gasteiger charge is -2.22. The average molecular weight is 549 g/mol. The van der Waals surface area contributed by atoms with E-state index in [0.717, 1.165) is 33.5 Å². The predicted molar refractivity (Wildman–Crippen MR) is 180 cm³/mol. The maximum absolute atomic E-state index is 5.15. The van der Waals surface area contributed by atoms with Crippen LogP contribution >= 0.6 is 0 Å². The second-order valence-electron chi connectivity index (χ2n) is 12.2. The second kappa shape index (κ2) is 8.83. The zero-order chi connectivity index (χ0) is 28.7. The van der Waals surface area contributed by atoms with Gasteiger partial charge in [-0.25, -0.2) is 9.97 Å². The first-order valence-electron chi connectivity index (χ1n) is 14.9. The Kier molecular flexibility index (Phi) is 4.99. The molecule has 0 atom stereocenters. The Hall–Kier alpha value is -5.34. The molecule has 2 nitrogen and oxygen atoms in total. The van der Waals surface area contributed by atoms with Crippen molar-refractivity contribution in [3.8, 4) is 33.6 Å². The highest BCUT2D eigenvalue weighted by molar-refractivity contribution is 6.21. The van der Waals surface area contributed by atoms with Crippen LogP contribution in [0.3, 0.4) is 0 Å². The number of hydrogen-bond donors (Lipinski definition) is 0.